The fourth-order valence-electron chi connectivity index (χ4n) is 5.48. The summed E-state index contributed by atoms with van der Waals surface area (Å²) in [7, 11) is 1.42. The van der Waals surface area contributed by atoms with Crippen LogP contribution >= 0.6 is 0 Å². The molecule has 1 amide bonds. The van der Waals surface area contributed by atoms with E-state index in [4.69, 9.17) is 14.2 Å². The van der Waals surface area contributed by atoms with Gasteiger partial charge < -0.3 is 29.1 Å². The SMILES string of the molecule is COc1ccc(CN(CCOCC(=O)OC(C)(C)C)c2cc(C(F)(F)F)ccc2CN2CCN(C(=O)O)CC2C(C(F)(F)F)C(F)(F)F)cc1. The van der Waals surface area contributed by atoms with E-state index in [1.807, 2.05) is 0 Å². The second-order valence-electron chi connectivity index (χ2n) is 12.6. The number of esters is 1. The number of halogens is 9. The molecule has 1 saturated heterocycles. The highest BCUT2D eigenvalue weighted by Crippen LogP contribution is 2.44. The molecule has 0 bridgehead atoms. The number of amides is 1. The van der Waals surface area contributed by atoms with Gasteiger partial charge in [0.2, 0.25) is 0 Å². The van der Waals surface area contributed by atoms with Crippen LogP contribution in [0.1, 0.15) is 37.5 Å². The molecule has 0 spiro atoms. The molecule has 1 atom stereocenters. The van der Waals surface area contributed by atoms with Gasteiger partial charge in [-0.2, -0.15) is 39.5 Å². The van der Waals surface area contributed by atoms with Crippen molar-refractivity contribution in [1.82, 2.24) is 9.80 Å². The second-order valence-corrected chi connectivity index (χ2v) is 12.6. The van der Waals surface area contributed by atoms with Crippen LogP contribution in [0.5, 0.6) is 5.75 Å². The predicted octanol–water partition coefficient (Wildman–Crippen LogP) is 6.98. The minimum absolute atomic E-state index is 0.0597. The Morgan fingerprint density at radius 2 is 1.56 bits per heavy atom. The molecule has 1 heterocycles. The number of nitrogens with zero attached hydrogens (tertiary/aromatic N) is 3. The highest BCUT2D eigenvalue weighted by molar-refractivity contribution is 5.71. The predicted molar refractivity (Wildman–Crippen MR) is 162 cm³/mol. The number of benzene rings is 2. The van der Waals surface area contributed by atoms with E-state index in [1.165, 1.54) is 12.0 Å². The monoisotopic (exact) mass is 731 g/mol. The maximum absolute atomic E-state index is 14.0. The van der Waals surface area contributed by atoms with Crippen LogP contribution in [0.25, 0.3) is 0 Å². The molecule has 1 fully saturated rings. The van der Waals surface area contributed by atoms with Gasteiger partial charge in [-0.15, -0.1) is 0 Å². The Bertz CT molecular complexity index is 1430. The van der Waals surface area contributed by atoms with Crippen molar-refractivity contribution in [3.63, 3.8) is 0 Å². The maximum atomic E-state index is 14.0. The maximum Gasteiger partial charge on any atom is 0.416 e. The highest BCUT2D eigenvalue weighted by atomic mass is 19.4. The zero-order valence-electron chi connectivity index (χ0n) is 27.6. The Hall–Kier alpha value is -3.93. The third-order valence-electron chi connectivity index (χ3n) is 7.70. The summed E-state index contributed by atoms with van der Waals surface area (Å²) < 4.78 is 141. The second kappa shape index (κ2) is 16.0. The number of carboxylic acid groups (broad SMARTS) is 1. The van der Waals surface area contributed by atoms with Crippen molar-refractivity contribution in [2.45, 2.75) is 64.0 Å². The van der Waals surface area contributed by atoms with E-state index in [-0.39, 0.29) is 30.9 Å². The summed E-state index contributed by atoms with van der Waals surface area (Å²) in [6.07, 6.45) is -18.2. The van der Waals surface area contributed by atoms with E-state index in [0.29, 0.717) is 22.3 Å². The molecule has 0 saturated carbocycles. The lowest BCUT2D eigenvalue weighted by atomic mass is 9.93. The van der Waals surface area contributed by atoms with E-state index in [2.05, 4.69) is 0 Å². The van der Waals surface area contributed by atoms with Crippen molar-refractivity contribution >= 4 is 17.7 Å². The average molecular weight is 732 g/mol. The molecular weight excluding hydrogens is 693 g/mol. The fourth-order valence-corrected chi connectivity index (χ4v) is 5.48. The quantitative estimate of drug-likeness (QED) is 0.142. The summed E-state index contributed by atoms with van der Waals surface area (Å²) in [5.74, 6) is -4.20. The molecule has 1 aliphatic rings. The molecule has 50 heavy (non-hydrogen) atoms. The molecule has 1 aliphatic heterocycles. The lowest BCUT2D eigenvalue weighted by Gasteiger charge is -2.45. The zero-order chi connectivity index (χ0) is 37.7. The van der Waals surface area contributed by atoms with Gasteiger partial charge in [0.25, 0.3) is 0 Å². The van der Waals surface area contributed by atoms with Crippen molar-refractivity contribution in [3.8, 4) is 5.75 Å². The van der Waals surface area contributed by atoms with Gasteiger partial charge in [-0.05, 0) is 56.2 Å². The number of methoxy groups -OCH3 is 1. The van der Waals surface area contributed by atoms with Crippen LogP contribution in [0.15, 0.2) is 42.5 Å². The smallest absolute Gasteiger partial charge is 0.416 e. The Morgan fingerprint density at radius 1 is 0.940 bits per heavy atom. The molecule has 1 N–H and O–H groups in total. The Balaban J connectivity index is 2.07. The van der Waals surface area contributed by atoms with Crippen LogP contribution in [-0.2, 0) is 33.5 Å². The first-order valence-corrected chi connectivity index (χ1v) is 15.2. The molecule has 2 aromatic rings. The molecule has 9 nitrogen and oxygen atoms in total. The standard InChI is InChI=1S/C32H38F9N3O6/c1-29(2,3)50-26(45)19-49-14-13-43(16-20-5-9-23(48-4)10-6-20)24-15-22(30(33,34)35)8-7-21(24)17-42-11-12-44(28(46)47)18-25(42)27(31(36,37)38)32(39,40)41/h5-10,15,25,27H,11-14,16-19H2,1-4H3,(H,46,47). The van der Waals surface area contributed by atoms with Crippen LogP contribution in [0.2, 0.25) is 0 Å². The number of hydrogen-bond acceptors (Lipinski definition) is 7. The largest absolute Gasteiger partial charge is 0.497 e. The van der Waals surface area contributed by atoms with Gasteiger partial charge >= 0.3 is 30.6 Å². The van der Waals surface area contributed by atoms with Crippen molar-refractivity contribution in [1.29, 1.82) is 0 Å². The van der Waals surface area contributed by atoms with E-state index < -0.39 is 86.5 Å². The number of carbonyl (C=O) groups excluding carboxylic acids is 1. The lowest BCUT2D eigenvalue weighted by Crippen LogP contribution is -2.62. The van der Waals surface area contributed by atoms with Crippen LogP contribution in [0, 0.1) is 5.92 Å². The first kappa shape index (κ1) is 40.5. The van der Waals surface area contributed by atoms with Gasteiger partial charge in [0, 0.05) is 51.0 Å². The molecule has 18 heteroatoms. The first-order chi connectivity index (χ1) is 23.0. The van der Waals surface area contributed by atoms with Crippen molar-refractivity contribution in [2.75, 3.05) is 51.4 Å². The molecule has 280 valence electrons. The van der Waals surface area contributed by atoms with Gasteiger partial charge in [0.05, 0.1) is 19.3 Å². The summed E-state index contributed by atoms with van der Waals surface area (Å²) in [5.41, 5.74) is -1.65. The van der Waals surface area contributed by atoms with E-state index in [9.17, 15) is 54.2 Å². The third kappa shape index (κ3) is 11.6. The summed E-state index contributed by atoms with van der Waals surface area (Å²) in [5, 5.41) is 9.39. The number of hydrogen-bond donors (Lipinski definition) is 1. The number of carbonyl (C=O) groups is 2. The van der Waals surface area contributed by atoms with Crippen LogP contribution in [0.4, 0.5) is 50.0 Å². The van der Waals surface area contributed by atoms with Crippen molar-refractivity contribution < 1.29 is 68.4 Å². The summed E-state index contributed by atoms with van der Waals surface area (Å²) >= 11 is 0. The minimum atomic E-state index is -5.82. The zero-order valence-corrected chi connectivity index (χ0v) is 27.6. The van der Waals surface area contributed by atoms with Crippen molar-refractivity contribution in [3.05, 3.63) is 59.2 Å². The first-order valence-electron chi connectivity index (χ1n) is 15.2. The number of rotatable bonds is 12. The fraction of sp³-hybridized carbons (Fsp3) is 0.562. The van der Waals surface area contributed by atoms with Gasteiger partial charge in [0.15, 0.2) is 5.92 Å². The number of alkyl halides is 9. The molecule has 2 aromatic carbocycles. The topological polar surface area (TPSA) is 91.8 Å². The summed E-state index contributed by atoms with van der Waals surface area (Å²) in [6.45, 7) is 1.03. The summed E-state index contributed by atoms with van der Waals surface area (Å²) in [6, 6.07) is 6.32. The Labute approximate surface area is 282 Å². The third-order valence-corrected chi connectivity index (χ3v) is 7.70. The minimum Gasteiger partial charge on any atom is -0.497 e. The average Bonchev–Trinajstić information content (AvgIpc) is 2.97. The normalized spacial score (nSPS) is 16.4. The van der Waals surface area contributed by atoms with Gasteiger partial charge in [-0.3, -0.25) is 4.90 Å². The van der Waals surface area contributed by atoms with E-state index in [0.717, 1.165) is 17.0 Å². The number of piperazine rings is 1. The molecular formula is C32H38F9N3O6. The molecule has 0 aliphatic carbocycles. The van der Waals surface area contributed by atoms with Crippen LogP contribution in [-0.4, -0.2) is 97.5 Å². The molecule has 0 radical (unpaired) electrons. The van der Waals surface area contributed by atoms with Gasteiger partial charge in [-0.1, -0.05) is 18.2 Å². The van der Waals surface area contributed by atoms with E-state index in [1.54, 1.807) is 45.0 Å². The Morgan fingerprint density at radius 3 is 2.08 bits per heavy atom. The van der Waals surface area contributed by atoms with Crippen LogP contribution < -0.4 is 9.64 Å². The summed E-state index contributed by atoms with van der Waals surface area (Å²) in [4.78, 5) is 26.4. The van der Waals surface area contributed by atoms with Gasteiger partial charge in [0.1, 0.15) is 18.0 Å². The van der Waals surface area contributed by atoms with Gasteiger partial charge in [-0.25, -0.2) is 9.59 Å². The highest BCUT2D eigenvalue weighted by Gasteiger charge is 2.62. The van der Waals surface area contributed by atoms with Crippen molar-refractivity contribution in [2.24, 2.45) is 5.92 Å². The molecule has 1 unspecified atom stereocenters. The molecule has 0 aromatic heterocycles. The number of anilines is 1. The number of ether oxygens (including phenoxy) is 3. The van der Waals surface area contributed by atoms with E-state index >= 15 is 0 Å². The van der Waals surface area contributed by atoms with Crippen LogP contribution in [0.3, 0.4) is 0 Å². The molecule has 3 rings (SSSR count). The Kier molecular flexibility index (Phi) is 12.9. The lowest BCUT2D eigenvalue weighted by molar-refractivity contribution is -0.302.